The molecule has 0 spiro atoms. The lowest BCUT2D eigenvalue weighted by Gasteiger charge is -2.29. The molecule has 14 heavy (non-hydrogen) atoms. The Bertz CT molecular complexity index is 275. The summed E-state index contributed by atoms with van der Waals surface area (Å²) in [5, 5.41) is 6.74. The van der Waals surface area contributed by atoms with E-state index in [0.29, 0.717) is 6.04 Å². The van der Waals surface area contributed by atoms with E-state index in [9.17, 15) is 0 Å². The van der Waals surface area contributed by atoms with E-state index in [2.05, 4.69) is 41.8 Å². The average molecular weight is 190 g/mol. The Morgan fingerprint density at radius 1 is 1.29 bits per heavy atom. The second-order valence-electron chi connectivity index (χ2n) is 3.95. The summed E-state index contributed by atoms with van der Waals surface area (Å²) in [6.07, 6.45) is 2.41. The second kappa shape index (κ2) is 4.47. The van der Waals surface area contributed by atoms with Crippen molar-refractivity contribution in [2.75, 3.05) is 18.4 Å². The zero-order valence-corrected chi connectivity index (χ0v) is 8.72. The van der Waals surface area contributed by atoms with E-state index >= 15 is 0 Å². The monoisotopic (exact) mass is 190 g/mol. The largest absolute Gasteiger partial charge is 0.380 e. The number of aryl methyl sites for hydroxylation is 1. The lowest BCUT2D eigenvalue weighted by molar-refractivity contribution is 0.472. The summed E-state index contributed by atoms with van der Waals surface area (Å²) < 4.78 is 0. The third kappa shape index (κ3) is 2.26. The van der Waals surface area contributed by atoms with Crippen LogP contribution in [0.25, 0.3) is 0 Å². The first kappa shape index (κ1) is 9.53. The van der Waals surface area contributed by atoms with Gasteiger partial charge in [0, 0.05) is 18.8 Å². The molecule has 0 atom stereocenters. The third-order valence-corrected chi connectivity index (χ3v) is 2.64. The first-order valence-corrected chi connectivity index (χ1v) is 5.44. The van der Waals surface area contributed by atoms with Crippen LogP contribution < -0.4 is 10.6 Å². The van der Waals surface area contributed by atoms with Crippen molar-refractivity contribution >= 4 is 5.69 Å². The highest BCUT2D eigenvalue weighted by molar-refractivity contribution is 5.46. The molecule has 0 saturated carbocycles. The van der Waals surface area contributed by atoms with Gasteiger partial charge in [0.05, 0.1) is 6.04 Å². The van der Waals surface area contributed by atoms with Crippen molar-refractivity contribution in [2.45, 2.75) is 25.8 Å². The maximum absolute atomic E-state index is 3.49. The molecule has 1 saturated heterocycles. The quantitative estimate of drug-likeness (QED) is 0.759. The number of anilines is 1. The maximum atomic E-state index is 3.49. The third-order valence-electron chi connectivity index (χ3n) is 2.64. The van der Waals surface area contributed by atoms with Gasteiger partial charge in [0.2, 0.25) is 0 Å². The number of benzene rings is 1. The topological polar surface area (TPSA) is 24.1 Å². The van der Waals surface area contributed by atoms with Crippen LogP contribution in [0.2, 0.25) is 0 Å². The lowest BCUT2D eigenvalue weighted by Crippen LogP contribution is -2.51. The molecule has 1 aliphatic heterocycles. The highest BCUT2D eigenvalue weighted by atomic mass is 15.1. The molecule has 1 aromatic rings. The van der Waals surface area contributed by atoms with Gasteiger partial charge in [-0.05, 0) is 24.1 Å². The van der Waals surface area contributed by atoms with Crippen molar-refractivity contribution in [1.82, 2.24) is 5.32 Å². The summed E-state index contributed by atoms with van der Waals surface area (Å²) in [6.45, 7) is 4.40. The van der Waals surface area contributed by atoms with Crippen molar-refractivity contribution in [3.05, 3.63) is 29.8 Å². The Balaban J connectivity index is 1.91. The van der Waals surface area contributed by atoms with Crippen molar-refractivity contribution in [2.24, 2.45) is 0 Å². The standard InChI is InChI=1S/C12H18N2/c1-2-3-10-4-6-11(7-5-10)14-12-8-13-9-12/h4-7,12-14H,2-3,8-9H2,1H3. The summed E-state index contributed by atoms with van der Waals surface area (Å²) in [7, 11) is 0. The zero-order chi connectivity index (χ0) is 9.80. The fourth-order valence-electron chi connectivity index (χ4n) is 1.68. The number of nitrogens with one attached hydrogen (secondary N) is 2. The van der Waals surface area contributed by atoms with Crippen LogP contribution in [0.5, 0.6) is 0 Å². The minimum absolute atomic E-state index is 0.632. The van der Waals surface area contributed by atoms with E-state index in [1.54, 1.807) is 0 Å². The summed E-state index contributed by atoms with van der Waals surface area (Å²) in [4.78, 5) is 0. The smallest absolute Gasteiger partial charge is 0.0510 e. The molecule has 2 nitrogen and oxygen atoms in total. The van der Waals surface area contributed by atoms with E-state index in [1.165, 1.54) is 24.1 Å². The van der Waals surface area contributed by atoms with Crippen LogP contribution in [-0.2, 0) is 6.42 Å². The van der Waals surface area contributed by atoms with Crippen molar-refractivity contribution in [3.63, 3.8) is 0 Å². The van der Waals surface area contributed by atoms with Crippen LogP contribution in [0, 0.1) is 0 Å². The molecular formula is C12H18N2. The van der Waals surface area contributed by atoms with Gasteiger partial charge in [0.15, 0.2) is 0 Å². The Hall–Kier alpha value is -1.02. The summed E-state index contributed by atoms with van der Waals surface area (Å²) in [6, 6.07) is 9.44. The Labute approximate surface area is 85.7 Å². The highest BCUT2D eigenvalue weighted by Gasteiger charge is 2.15. The predicted molar refractivity (Wildman–Crippen MR) is 60.7 cm³/mol. The molecule has 1 aliphatic rings. The van der Waals surface area contributed by atoms with E-state index in [0.717, 1.165) is 13.1 Å². The van der Waals surface area contributed by atoms with Gasteiger partial charge in [-0.3, -0.25) is 0 Å². The van der Waals surface area contributed by atoms with Gasteiger partial charge in [-0.25, -0.2) is 0 Å². The number of rotatable bonds is 4. The van der Waals surface area contributed by atoms with Crippen LogP contribution in [-0.4, -0.2) is 19.1 Å². The summed E-state index contributed by atoms with van der Waals surface area (Å²) in [5.74, 6) is 0. The minimum atomic E-state index is 0.632. The number of hydrogen-bond donors (Lipinski definition) is 2. The molecule has 0 radical (unpaired) electrons. The van der Waals surface area contributed by atoms with Crippen LogP contribution in [0.15, 0.2) is 24.3 Å². The van der Waals surface area contributed by atoms with E-state index in [1.807, 2.05) is 0 Å². The zero-order valence-electron chi connectivity index (χ0n) is 8.72. The van der Waals surface area contributed by atoms with Gasteiger partial charge in [0.1, 0.15) is 0 Å². The van der Waals surface area contributed by atoms with Crippen LogP contribution in [0.4, 0.5) is 5.69 Å². The minimum Gasteiger partial charge on any atom is -0.380 e. The molecule has 76 valence electrons. The first-order valence-electron chi connectivity index (χ1n) is 5.44. The van der Waals surface area contributed by atoms with Gasteiger partial charge < -0.3 is 10.6 Å². The van der Waals surface area contributed by atoms with Crippen LogP contribution >= 0.6 is 0 Å². The molecule has 0 aromatic heterocycles. The van der Waals surface area contributed by atoms with Crippen molar-refractivity contribution in [1.29, 1.82) is 0 Å². The molecule has 1 aromatic carbocycles. The molecule has 2 N–H and O–H groups in total. The molecule has 0 amide bonds. The SMILES string of the molecule is CCCc1ccc(NC2CNC2)cc1. The van der Waals surface area contributed by atoms with Crippen LogP contribution in [0.3, 0.4) is 0 Å². The first-order chi connectivity index (χ1) is 6.88. The molecule has 0 bridgehead atoms. The fraction of sp³-hybridized carbons (Fsp3) is 0.500. The Morgan fingerprint density at radius 2 is 2.00 bits per heavy atom. The van der Waals surface area contributed by atoms with Gasteiger partial charge in [0.25, 0.3) is 0 Å². The molecule has 2 rings (SSSR count). The number of hydrogen-bond acceptors (Lipinski definition) is 2. The van der Waals surface area contributed by atoms with Crippen molar-refractivity contribution in [3.8, 4) is 0 Å². The average Bonchev–Trinajstić information content (AvgIpc) is 2.14. The second-order valence-corrected chi connectivity index (χ2v) is 3.95. The molecule has 0 aliphatic carbocycles. The highest BCUT2D eigenvalue weighted by Crippen LogP contribution is 2.12. The van der Waals surface area contributed by atoms with Gasteiger partial charge in [-0.15, -0.1) is 0 Å². The maximum Gasteiger partial charge on any atom is 0.0510 e. The van der Waals surface area contributed by atoms with Gasteiger partial charge >= 0.3 is 0 Å². The molecule has 1 heterocycles. The van der Waals surface area contributed by atoms with Crippen molar-refractivity contribution < 1.29 is 0 Å². The summed E-state index contributed by atoms with van der Waals surface area (Å²) in [5.41, 5.74) is 2.68. The van der Waals surface area contributed by atoms with E-state index < -0.39 is 0 Å². The van der Waals surface area contributed by atoms with Gasteiger partial charge in [-0.2, -0.15) is 0 Å². The molecule has 1 fully saturated rings. The normalized spacial score (nSPS) is 16.4. The fourth-order valence-corrected chi connectivity index (χ4v) is 1.68. The van der Waals surface area contributed by atoms with Crippen LogP contribution in [0.1, 0.15) is 18.9 Å². The summed E-state index contributed by atoms with van der Waals surface area (Å²) >= 11 is 0. The lowest BCUT2D eigenvalue weighted by atomic mass is 10.1. The van der Waals surface area contributed by atoms with E-state index in [4.69, 9.17) is 0 Å². The Morgan fingerprint density at radius 3 is 2.50 bits per heavy atom. The molecule has 2 heteroatoms. The molecule has 0 unspecified atom stereocenters. The van der Waals surface area contributed by atoms with Gasteiger partial charge in [-0.1, -0.05) is 25.5 Å². The Kier molecular flexibility index (Phi) is 3.04. The molecular weight excluding hydrogens is 172 g/mol. The van der Waals surface area contributed by atoms with E-state index in [-0.39, 0.29) is 0 Å². The predicted octanol–water partition coefficient (Wildman–Crippen LogP) is 2.02.